The largest absolute Gasteiger partial charge is 0.493 e. The lowest BCUT2D eigenvalue weighted by atomic mass is 10.1. The van der Waals surface area contributed by atoms with Gasteiger partial charge in [0.2, 0.25) is 12.5 Å². The van der Waals surface area contributed by atoms with Crippen LogP contribution in [0.4, 0.5) is 0 Å². The Morgan fingerprint density at radius 1 is 0.771 bits per heavy atom. The van der Waals surface area contributed by atoms with Crippen molar-refractivity contribution in [3.05, 3.63) is 41.5 Å². The molecule has 0 spiro atoms. The van der Waals surface area contributed by atoms with Crippen LogP contribution in [-0.2, 0) is 22.7 Å². The van der Waals surface area contributed by atoms with Crippen molar-refractivity contribution in [2.75, 3.05) is 54.3 Å². The van der Waals surface area contributed by atoms with E-state index in [0.717, 1.165) is 56.3 Å². The van der Waals surface area contributed by atoms with Crippen molar-refractivity contribution in [3.8, 4) is 28.7 Å². The van der Waals surface area contributed by atoms with Gasteiger partial charge >= 0.3 is 11.9 Å². The second-order valence-electron chi connectivity index (χ2n) is 7.88. The summed E-state index contributed by atoms with van der Waals surface area (Å²) in [6.45, 7) is 6.18. The number of fused-ring (bicyclic) bond motifs is 1. The summed E-state index contributed by atoms with van der Waals surface area (Å²) < 4.78 is 27.2. The monoisotopic (exact) mass is 490 g/mol. The third-order valence-corrected chi connectivity index (χ3v) is 5.62. The summed E-state index contributed by atoms with van der Waals surface area (Å²) >= 11 is 0. The van der Waals surface area contributed by atoms with E-state index in [9.17, 15) is 0 Å². The molecule has 0 unspecified atom stereocenters. The SMILES string of the molecule is COc1cc(CN2CCN(Cc3ccc4c(c3)OCO4)CC2)cc(OC)c1OC.O=C(O)C(=O)O. The van der Waals surface area contributed by atoms with Gasteiger partial charge < -0.3 is 33.9 Å². The molecule has 2 aliphatic heterocycles. The molecule has 35 heavy (non-hydrogen) atoms. The molecular weight excluding hydrogens is 460 g/mol. The van der Waals surface area contributed by atoms with Crippen LogP contribution >= 0.6 is 0 Å². The van der Waals surface area contributed by atoms with E-state index in [4.69, 9.17) is 43.5 Å². The Hall–Kier alpha value is -3.70. The molecule has 2 aliphatic rings. The van der Waals surface area contributed by atoms with Crippen LogP contribution in [-0.4, -0.2) is 86.3 Å². The molecule has 2 aromatic carbocycles. The summed E-state index contributed by atoms with van der Waals surface area (Å²) in [5, 5.41) is 14.8. The summed E-state index contributed by atoms with van der Waals surface area (Å²) in [6, 6.07) is 10.3. The lowest BCUT2D eigenvalue weighted by Crippen LogP contribution is -2.45. The second kappa shape index (κ2) is 12.1. The van der Waals surface area contributed by atoms with E-state index >= 15 is 0 Å². The van der Waals surface area contributed by atoms with E-state index in [2.05, 4.69) is 21.9 Å². The molecule has 0 radical (unpaired) electrons. The Kier molecular flexibility index (Phi) is 8.98. The topological polar surface area (TPSA) is 127 Å². The maximum atomic E-state index is 9.10. The number of carboxylic acids is 2. The zero-order valence-corrected chi connectivity index (χ0v) is 20.0. The molecule has 2 aromatic rings. The minimum absolute atomic E-state index is 0.318. The van der Waals surface area contributed by atoms with Crippen molar-refractivity contribution in [3.63, 3.8) is 0 Å². The van der Waals surface area contributed by atoms with Crippen molar-refractivity contribution < 1.29 is 43.5 Å². The summed E-state index contributed by atoms with van der Waals surface area (Å²) in [5.41, 5.74) is 2.41. The number of hydrogen-bond acceptors (Lipinski definition) is 9. The molecule has 11 heteroatoms. The highest BCUT2D eigenvalue weighted by Crippen LogP contribution is 2.38. The molecule has 1 fully saturated rings. The minimum atomic E-state index is -1.82. The first kappa shape index (κ1) is 25.9. The molecule has 1 saturated heterocycles. The lowest BCUT2D eigenvalue weighted by Gasteiger charge is -2.35. The molecule has 4 rings (SSSR count). The zero-order valence-electron chi connectivity index (χ0n) is 20.0. The number of methoxy groups -OCH3 is 3. The Bertz CT molecular complexity index is 999. The van der Waals surface area contributed by atoms with Crippen LogP contribution in [0.2, 0.25) is 0 Å². The Labute approximate surface area is 203 Å². The van der Waals surface area contributed by atoms with E-state index in [0.29, 0.717) is 24.0 Å². The van der Waals surface area contributed by atoms with E-state index in [1.54, 1.807) is 21.3 Å². The quantitative estimate of drug-likeness (QED) is 0.553. The third-order valence-electron chi connectivity index (χ3n) is 5.62. The standard InChI is InChI=1S/C22H28N2O5.C2H2O4/c1-25-20-11-17(12-21(26-2)22(20)27-3)14-24-8-6-23(7-9-24)13-16-4-5-18-19(10-16)29-15-28-18;3-1(4)2(5)6/h4-5,10-12H,6-9,13-15H2,1-3H3;(H,3,4)(H,5,6). The Morgan fingerprint density at radius 3 is 1.77 bits per heavy atom. The van der Waals surface area contributed by atoms with Gasteiger partial charge in [-0.25, -0.2) is 9.59 Å². The van der Waals surface area contributed by atoms with Gasteiger partial charge in [0.15, 0.2) is 23.0 Å². The fraction of sp³-hybridized carbons (Fsp3) is 0.417. The van der Waals surface area contributed by atoms with Crippen molar-refractivity contribution in [2.24, 2.45) is 0 Å². The highest BCUT2D eigenvalue weighted by Gasteiger charge is 2.20. The van der Waals surface area contributed by atoms with E-state index in [1.165, 1.54) is 5.56 Å². The number of benzene rings is 2. The highest BCUT2D eigenvalue weighted by molar-refractivity contribution is 6.27. The molecular formula is C24H30N2O9. The fourth-order valence-electron chi connectivity index (χ4n) is 3.89. The van der Waals surface area contributed by atoms with E-state index < -0.39 is 11.9 Å². The fourth-order valence-corrected chi connectivity index (χ4v) is 3.89. The number of ether oxygens (including phenoxy) is 5. The molecule has 0 aromatic heterocycles. The van der Waals surface area contributed by atoms with Crippen LogP contribution in [0.15, 0.2) is 30.3 Å². The third kappa shape index (κ3) is 6.90. The van der Waals surface area contributed by atoms with Gasteiger partial charge in [0, 0.05) is 39.3 Å². The Morgan fingerprint density at radius 2 is 1.29 bits per heavy atom. The van der Waals surface area contributed by atoms with E-state index in [-0.39, 0.29) is 0 Å². The van der Waals surface area contributed by atoms with Crippen molar-refractivity contribution in [2.45, 2.75) is 13.1 Å². The van der Waals surface area contributed by atoms with Gasteiger partial charge in [-0.15, -0.1) is 0 Å². The summed E-state index contributed by atoms with van der Waals surface area (Å²) in [6.07, 6.45) is 0. The van der Waals surface area contributed by atoms with Crippen molar-refractivity contribution in [1.29, 1.82) is 0 Å². The molecule has 0 atom stereocenters. The molecule has 2 N–H and O–H groups in total. The van der Waals surface area contributed by atoms with Gasteiger partial charge in [-0.2, -0.15) is 0 Å². The summed E-state index contributed by atoms with van der Waals surface area (Å²) in [5.74, 6) is 0.0661. The van der Waals surface area contributed by atoms with Crippen molar-refractivity contribution >= 4 is 11.9 Å². The van der Waals surface area contributed by atoms with Crippen LogP contribution in [0.3, 0.4) is 0 Å². The maximum absolute atomic E-state index is 9.10. The first-order valence-corrected chi connectivity index (χ1v) is 10.9. The average molecular weight is 491 g/mol. The van der Waals surface area contributed by atoms with Crippen LogP contribution in [0.5, 0.6) is 28.7 Å². The number of carbonyl (C=O) groups is 2. The normalized spacial score (nSPS) is 15.1. The molecule has 11 nitrogen and oxygen atoms in total. The molecule has 0 saturated carbocycles. The van der Waals surface area contributed by atoms with Gasteiger partial charge in [-0.05, 0) is 35.4 Å². The lowest BCUT2D eigenvalue weighted by molar-refractivity contribution is -0.159. The van der Waals surface area contributed by atoms with E-state index in [1.807, 2.05) is 18.2 Å². The zero-order chi connectivity index (χ0) is 25.4. The number of aliphatic carboxylic acids is 2. The van der Waals surface area contributed by atoms with Crippen LogP contribution in [0.25, 0.3) is 0 Å². The molecule has 0 bridgehead atoms. The smallest absolute Gasteiger partial charge is 0.414 e. The van der Waals surface area contributed by atoms with Gasteiger partial charge in [-0.1, -0.05) is 6.07 Å². The summed E-state index contributed by atoms with van der Waals surface area (Å²) in [7, 11) is 4.92. The highest BCUT2D eigenvalue weighted by atomic mass is 16.7. The van der Waals surface area contributed by atoms with Gasteiger partial charge in [0.1, 0.15) is 0 Å². The molecule has 0 amide bonds. The number of carboxylic acid groups (broad SMARTS) is 2. The summed E-state index contributed by atoms with van der Waals surface area (Å²) in [4.78, 5) is 23.1. The number of hydrogen-bond donors (Lipinski definition) is 2. The first-order chi connectivity index (χ1) is 16.8. The predicted molar refractivity (Wildman–Crippen MR) is 124 cm³/mol. The number of piperazine rings is 1. The predicted octanol–water partition coefficient (Wildman–Crippen LogP) is 1.91. The maximum Gasteiger partial charge on any atom is 0.414 e. The van der Waals surface area contributed by atoms with Crippen molar-refractivity contribution in [1.82, 2.24) is 9.80 Å². The average Bonchev–Trinajstić information content (AvgIpc) is 3.33. The van der Waals surface area contributed by atoms with Gasteiger partial charge in [-0.3, -0.25) is 9.80 Å². The minimum Gasteiger partial charge on any atom is -0.493 e. The van der Waals surface area contributed by atoms with Crippen LogP contribution in [0.1, 0.15) is 11.1 Å². The Balaban J connectivity index is 0.000000509. The molecule has 190 valence electrons. The van der Waals surface area contributed by atoms with Gasteiger partial charge in [0.05, 0.1) is 21.3 Å². The van der Waals surface area contributed by atoms with Gasteiger partial charge in [0.25, 0.3) is 0 Å². The number of rotatable bonds is 7. The number of nitrogens with zero attached hydrogens (tertiary/aromatic N) is 2. The second-order valence-corrected chi connectivity index (χ2v) is 7.88. The first-order valence-electron chi connectivity index (χ1n) is 10.9. The molecule has 2 heterocycles. The van der Waals surface area contributed by atoms with Crippen LogP contribution < -0.4 is 23.7 Å². The molecule has 0 aliphatic carbocycles. The van der Waals surface area contributed by atoms with Crippen LogP contribution in [0, 0.1) is 0 Å².